The van der Waals surface area contributed by atoms with Crippen molar-refractivity contribution < 1.29 is 18.0 Å². The molecule has 0 radical (unpaired) electrons. The highest BCUT2D eigenvalue weighted by atomic mass is 19.4. The summed E-state index contributed by atoms with van der Waals surface area (Å²) in [4.78, 5) is 12.8. The van der Waals surface area contributed by atoms with Gasteiger partial charge in [-0.25, -0.2) is 0 Å². The van der Waals surface area contributed by atoms with Crippen LogP contribution in [0.15, 0.2) is 0 Å². The average Bonchev–Trinajstić information content (AvgIpc) is 2.82. The number of carbonyl (C=O) groups is 1. The van der Waals surface area contributed by atoms with Crippen molar-refractivity contribution in [1.29, 1.82) is 0 Å². The van der Waals surface area contributed by atoms with E-state index in [0.29, 0.717) is 11.8 Å². The van der Waals surface area contributed by atoms with E-state index in [1.807, 2.05) is 0 Å². The number of halogens is 3. The van der Waals surface area contributed by atoms with Crippen LogP contribution in [0.25, 0.3) is 0 Å². The smallest absolute Gasteiger partial charge is 0.332 e. The molecule has 98 valence electrons. The molecule has 0 saturated heterocycles. The van der Waals surface area contributed by atoms with Crippen molar-refractivity contribution >= 4 is 5.91 Å². The van der Waals surface area contributed by atoms with Crippen molar-refractivity contribution in [3.63, 3.8) is 0 Å². The Labute approximate surface area is 98.1 Å². The third-order valence-electron chi connectivity index (χ3n) is 3.67. The normalized spacial score (nSPS) is 31.2. The van der Waals surface area contributed by atoms with Crippen LogP contribution in [0.3, 0.4) is 0 Å². The lowest BCUT2D eigenvalue weighted by atomic mass is 10.0. The van der Waals surface area contributed by atoms with E-state index in [2.05, 4.69) is 0 Å². The Morgan fingerprint density at radius 2 is 1.82 bits per heavy atom. The molecule has 0 spiro atoms. The number of nitrogens with zero attached hydrogens (tertiary/aromatic N) is 1. The standard InChI is InChI=1S/C11H17F3N2O/c12-11(13,14)6-16(2-1-15)10(17)9-4-7-3-8(7)5-9/h7-9H,1-6,15H2. The predicted octanol–water partition coefficient (Wildman–Crippen LogP) is 1.38. The molecule has 1 amide bonds. The number of alkyl halides is 3. The molecule has 0 bridgehead atoms. The average molecular weight is 250 g/mol. The van der Waals surface area contributed by atoms with E-state index < -0.39 is 12.7 Å². The minimum absolute atomic E-state index is 0.00975. The van der Waals surface area contributed by atoms with Gasteiger partial charge in [-0.1, -0.05) is 0 Å². The Balaban J connectivity index is 1.92. The summed E-state index contributed by atoms with van der Waals surface area (Å²) in [5.41, 5.74) is 5.26. The molecule has 0 aliphatic heterocycles. The quantitative estimate of drug-likeness (QED) is 0.819. The second-order valence-electron chi connectivity index (χ2n) is 5.09. The van der Waals surface area contributed by atoms with Gasteiger partial charge in [-0.3, -0.25) is 4.79 Å². The first-order valence-corrected chi connectivity index (χ1v) is 5.96. The number of nitrogens with two attached hydrogens (primary N) is 1. The molecule has 0 aromatic heterocycles. The van der Waals surface area contributed by atoms with Crippen LogP contribution in [0.2, 0.25) is 0 Å². The summed E-state index contributed by atoms with van der Waals surface area (Å²) in [6.45, 7) is -1.11. The monoisotopic (exact) mass is 250 g/mol. The minimum Gasteiger partial charge on any atom is -0.332 e. The van der Waals surface area contributed by atoms with E-state index in [0.717, 1.165) is 24.2 Å². The predicted molar refractivity (Wildman–Crippen MR) is 56.0 cm³/mol. The van der Waals surface area contributed by atoms with E-state index in [1.54, 1.807) is 0 Å². The minimum atomic E-state index is -4.34. The Kier molecular flexibility index (Phi) is 3.34. The first-order valence-electron chi connectivity index (χ1n) is 5.96. The molecule has 2 rings (SSSR count). The fourth-order valence-corrected chi connectivity index (χ4v) is 2.81. The lowest BCUT2D eigenvalue weighted by molar-refractivity contribution is -0.163. The molecule has 2 fully saturated rings. The second-order valence-corrected chi connectivity index (χ2v) is 5.09. The van der Waals surface area contributed by atoms with Crippen LogP contribution in [0.1, 0.15) is 19.3 Å². The lowest BCUT2D eigenvalue weighted by Crippen LogP contribution is -2.44. The zero-order chi connectivity index (χ0) is 12.6. The van der Waals surface area contributed by atoms with Crippen LogP contribution in [-0.4, -0.2) is 36.6 Å². The maximum absolute atomic E-state index is 12.3. The molecule has 2 atom stereocenters. The fraction of sp³-hybridized carbons (Fsp3) is 0.909. The molecule has 2 aliphatic carbocycles. The molecular formula is C11H17F3N2O. The summed E-state index contributed by atoms with van der Waals surface area (Å²) in [7, 11) is 0. The molecular weight excluding hydrogens is 233 g/mol. The van der Waals surface area contributed by atoms with E-state index >= 15 is 0 Å². The molecule has 0 aromatic rings. The van der Waals surface area contributed by atoms with Crippen molar-refractivity contribution in [1.82, 2.24) is 4.90 Å². The molecule has 17 heavy (non-hydrogen) atoms. The van der Waals surface area contributed by atoms with Gasteiger partial charge in [0, 0.05) is 19.0 Å². The maximum atomic E-state index is 12.3. The third-order valence-corrected chi connectivity index (χ3v) is 3.67. The van der Waals surface area contributed by atoms with Gasteiger partial charge in [0.1, 0.15) is 6.54 Å². The number of fused-ring (bicyclic) bond motifs is 1. The molecule has 0 aromatic carbocycles. The molecule has 3 nitrogen and oxygen atoms in total. The zero-order valence-corrected chi connectivity index (χ0v) is 9.54. The van der Waals surface area contributed by atoms with Crippen LogP contribution in [0, 0.1) is 17.8 Å². The SMILES string of the molecule is NCCN(CC(F)(F)F)C(=O)C1CC2CC2C1. The fourth-order valence-electron chi connectivity index (χ4n) is 2.81. The Bertz CT molecular complexity index is 296. The van der Waals surface area contributed by atoms with Gasteiger partial charge in [0.25, 0.3) is 0 Å². The summed E-state index contributed by atoms with van der Waals surface area (Å²) < 4.78 is 37.0. The van der Waals surface area contributed by atoms with Gasteiger partial charge in [-0.15, -0.1) is 0 Å². The van der Waals surface area contributed by atoms with Crippen LogP contribution in [0.4, 0.5) is 13.2 Å². The molecule has 2 N–H and O–H groups in total. The largest absolute Gasteiger partial charge is 0.406 e. The molecule has 6 heteroatoms. The topological polar surface area (TPSA) is 46.3 Å². The zero-order valence-electron chi connectivity index (χ0n) is 9.54. The van der Waals surface area contributed by atoms with Crippen LogP contribution in [-0.2, 0) is 4.79 Å². The second kappa shape index (κ2) is 4.48. The number of hydrogen-bond donors (Lipinski definition) is 1. The van der Waals surface area contributed by atoms with Crippen LogP contribution in [0.5, 0.6) is 0 Å². The van der Waals surface area contributed by atoms with Gasteiger partial charge in [0.2, 0.25) is 5.91 Å². The van der Waals surface area contributed by atoms with E-state index in [1.165, 1.54) is 0 Å². The highest BCUT2D eigenvalue weighted by molar-refractivity contribution is 5.79. The van der Waals surface area contributed by atoms with Gasteiger partial charge in [0.15, 0.2) is 0 Å². The summed E-state index contributed by atoms with van der Waals surface area (Å²) >= 11 is 0. The molecule has 2 saturated carbocycles. The molecule has 2 aliphatic rings. The van der Waals surface area contributed by atoms with Gasteiger partial charge in [0.05, 0.1) is 0 Å². The highest BCUT2D eigenvalue weighted by Gasteiger charge is 2.49. The summed E-state index contributed by atoms with van der Waals surface area (Å²) in [6.07, 6.45) is -1.66. The number of rotatable bonds is 4. The Morgan fingerprint density at radius 3 is 2.29 bits per heavy atom. The maximum Gasteiger partial charge on any atom is 0.406 e. The number of hydrogen-bond acceptors (Lipinski definition) is 2. The van der Waals surface area contributed by atoms with E-state index in [4.69, 9.17) is 5.73 Å². The van der Waals surface area contributed by atoms with Gasteiger partial charge < -0.3 is 10.6 Å². The van der Waals surface area contributed by atoms with Crippen molar-refractivity contribution in [3.8, 4) is 0 Å². The van der Waals surface area contributed by atoms with E-state index in [-0.39, 0.29) is 24.9 Å². The highest BCUT2D eigenvalue weighted by Crippen LogP contribution is 2.54. The summed E-state index contributed by atoms with van der Waals surface area (Å²) in [6, 6.07) is 0. The van der Waals surface area contributed by atoms with Crippen molar-refractivity contribution in [2.75, 3.05) is 19.6 Å². The van der Waals surface area contributed by atoms with Crippen molar-refractivity contribution in [3.05, 3.63) is 0 Å². The van der Waals surface area contributed by atoms with Gasteiger partial charge in [-0.05, 0) is 31.1 Å². The van der Waals surface area contributed by atoms with E-state index in [9.17, 15) is 18.0 Å². The third kappa shape index (κ3) is 3.12. The first-order chi connectivity index (χ1) is 7.90. The lowest BCUT2D eigenvalue weighted by Gasteiger charge is -2.26. The molecule has 2 unspecified atom stereocenters. The van der Waals surface area contributed by atoms with Gasteiger partial charge >= 0.3 is 6.18 Å². The Hall–Kier alpha value is -0.780. The molecule has 0 heterocycles. The number of carbonyl (C=O) groups excluding carboxylic acids is 1. The summed E-state index contributed by atoms with van der Waals surface area (Å²) in [5.74, 6) is 0.622. The van der Waals surface area contributed by atoms with Crippen LogP contribution < -0.4 is 5.73 Å². The van der Waals surface area contributed by atoms with Crippen molar-refractivity contribution in [2.45, 2.75) is 25.4 Å². The van der Waals surface area contributed by atoms with Crippen LogP contribution >= 0.6 is 0 Å². The van der Waals surface area contributed by atoms with Gasteiger partial charge in [-0.2, -0.15) is 13.2 Å². The van der Waals surface area contributed by atoms with Crippen molar-refractivity contribution in [2.24, 2.45) is 23.5 Å². The first kappa shape index (κ1) is 12.7. The Morgan fingerprint density at radius 1 is 1.24 bits per heavy atom. The number of amides is 1. The summed E-state index contributed by atoms with van der Waals surface area (Å²) in [5, 5.41) is 0.